The number of aromatic carboxylic acids is 1. The minimum absolute atomic E-state index is 0.160. The van der Waals surface area contributed by atoms with Crippen LogP contribution in [-0.4, -0.2) is 66.8 Å². The highest BCUT2D eigenvalue weighted by molar-refractivity contribution is 7.89. The number of morpholine rings is 1. The Labute approximate surface area is 138 Å². The summed E-state index contributed by atoms with van der Waals surface area (Å²) in [5.74, 6) is -1.48. The molecule has 1 amide bonds. The molecule has 0 atom stereocenters. The highest BCUT2D eigenvalue weighted by atomic mass is 32.2. The first-order chi connectivity index (χ1) is 11.3. The summed E-state index contributed by atoms with van der Waals surface area (Å²) in [6, 6.07) is 4.39. The molecule has 24 heavy (non-hydrogen) atoms. The lowest BCUT2D eigenvalue weighted by Gasteiger charge is -2.26. The van der Waals surface area contributed by atoms with Crippen LogP contribution >= 0.6 is 0 Å². The monoisotopic (exact) mass is 352 g/mol. The van der Waals surface area contributed by atoms with Crippen molar-refractivity contribution in [3.8, 4) is 0 Å². The van der Waals surface area contributed by atoms with Gasteiger partial charge < -0.3 is 14.7 Å². The van der Waals surface area contributed by atoms with Gasteiger partial charge in [-0.15, -0.1) is 0 Å². The number of carboxylic acids is 1. The fourth-order valence-corrected chi connectivity index (χ4v) is 3.54. The van der Waals surface area contributed by atoms with Crippen LogP contribution in [0.3, 0.4) is 0 Å². The van der Waals surface area contributed by atoms with Gasteiger partial charge in [-0.2, -0.15) is 0 Å². The SMILES string of the molecule is CS(=O)(=O)n1cc(C(=O)O)c2cc(C(=O)N3CCOCC3)ccc21. The van der Waals surface area contributed by atoms with Crippen LogP contribution in [0.4, 0.5) is 0 Å². The molecule has 0 saturated carbocycles. The van der Waals surface area contributed by atoms with Crippen LogP contribution in [0.5, 0.6) is 0 Å². The number of nitrogens with zero attached hydrogens (tertiary/aromatic N) is 2. The number of benzene rings is 1. The summed E-state index contributed by atoms with van der Waals surface area (Å²) >= 11 is 0. The van der Waals surface area contributed by atoms with Gasteiger partial charge in [0.1, 0.15) is 0 Å². The third kappa shape index (κ3) is 2.87. The van der Waals surface area contributed by atoms with Crippen LogP contribution in [0, 0.1) is 0 Å². The summed E-state index contributed by atoms with van der Waals surface area (Å²) in [6.45, 7) is 1.84. The van der Waals surface area contributed by atoms with Gasteiger partial charge in [0.25, 0.3) is 5.91 Å². The van der Waals surface area contributed by atoms with E-state index in [0.29, 0.717) is 31.9 Å². The molecular formula is C15H16N2O6S. The molecule has 2 heterocycles. The molecule has 0 unspecified atom stereocenters. The topological polar surface area (TPSA) is 106 Å². The van der Waals surface area contributed by atoms with Gasteiger partial charge >= 0.3 is 5.97 Å². The Balaban J connectivity index is 2.12. The molecule has 1 aromatic carbocycles. The van der Waals surface area contributed by atoms with E-state index in [4.69, 9.17) is 4.74 Å². The molecule has 0 spiro atoms. The minimum Gasteiger partial charge on any atom is -0.478 e. The Kier molecular flexibility index (Phi) is 4.06. The second kappa shape index (κ2) is 5.91. The zero-order valence-corrected chi connectivity index (χ0v) is 13.7. The van der Waals surface area contributed by atoms with E-state index in [2.05, 4.69) is 0 Å². The first-order valence-corrected chi connectivity index (χ1v) is 9.10. The van der Waals surface area contributed by atoms with Crippen LogP contribution in [0.1, 0.15) is 20.7 Å². The number of ether oxygens (including phenoxy) is 1. The molecule has 9 heteroatoms. The molecule has 1 aliphatic rings. The highest BCUT2D eigenvalue weighted by Gasteiger charge is 2.23. The molecule has 1 fully saturated rings. The van der Waals surface area contributed by atoms with E-state index in [0.717, 1.165) is 16.4 Å². The molecule has 0 bridgehead atoms. The third-order valence-corrected chi connectivity index (χ3v) is 4.92. The average molecular weight is 352 g/mol. The largest absolute Gasteiger partial charge is 0.478 e. The average Bonchev–Trinajstić information content (AvgIpc) is 2.94. The molecule has 1 N–H and O–H groups in total. The molecule has 1 saturated heterocycles. The predicted octanol–water partition coefficient (Wildman–Crippen LogP) is 0.620. The van der Waals surface area contributed by atoms with E-state index in [9.17, 15) is 23.1 Å². The van der Waals surface area contributed by atoms with Crippen molar-refractivity contribution < 1.29 is 27.9 Å². The fraction of sp³-hybridized carbons (Fsp3) is 0.333. The number of amides is 1. The van der Waals surface area contributed by atoms with E-state index < -0.39 is 16.0 Å². The molecule has 128 valence electrons. The fourth-order valence-electron chi connectivity index (χ4n) is 2.73. The van der Waals surface area contributed by atoms with Crippen molar-refractivity contribution >= 4 is 32.8 Å². The van der Waals surface area contributed by atoms with E-state index >= 15 is 0 Å². The number of carbonyl (C=O) groups is 2. The second-order valence-corrected chi connectivity index (χ2v) is 7.40. The van der Waals surface area contributed by atoms with E-state index in [1.165, 1.54) is 18.2 Å². The Morgan fingerprint density at radius 1 is 1.21 bits per heavy atom. The van der Waals surface area contributed by atoms with Crippen molar-refractivity contribution in [3.05, 3.63) is 35.5 Å². The van der Waals surface area contributed by atoms with E-state index in [1.54, 1.807) is 4.90 Å². The molecule has 1 aliphatic heterocycles. The van der Waals surface area contributed by atoms with E-state index in [1.807, 2.05) is 0 Å². The van der Waals surface area contributed by atoms with Gasteiger partial charge in [-0.1, -0.05) is 0 Å². The molecule has 0 radical (unpaired) electrons. The minimum atomic E-state index is -3.65. The normalized spacial score (nSPS) is 15.6. The number of hydrogen-bond donors (Lipinski definition) is 1. The van der Waals surface area contributed by atoms with Gasteiger partial charge in [0.05, 0.1) is 30.5 Å². The second-order valence-electron chi connectivity index (χ2n) is 5.54. The Hall–Kier alpha value is -2.39. The molecular weight excluding hydrogens is 336 g/mol. The van der Waals surface area contributed by atoms with Crippen LogP contribution in [0.2, 0.25) is 0 Å². The first-order valence-electron chi connectivity index (χ1n) is 7.25. The van der Waals surface area contributed by atoms with Gasteiger partial charge in [0.2, 0.25) is 10.0 Å². The number of aromatic nitrogens is 1. The Morgan fingerprint density at radius 3 is 2.46 bits per heavy atom. The summed E-state index contributed by atoms with van der Waals surface area (Å²) < 4.78 is 29.8. The van der Waals surface area contributed by atoms with Crippen molar-refractivity contribution in [1.29, 1.82) is 0 Å². The summed E-state index contributed by atoms with van der Waals surface area (Å²) in [5.41, 5.74) is 0.388. The predicted molar refractivity (Wildman–Crippen MR) is 85.9 cm³/mol. The standard InChI is InChI=1S/C15H16N2O6S/c1-24(21,22)17-9-12(15(19)20)11-8-10(2-3-13(11)17)14(18)16-4-6-23-7-5-16/h2-3,8-9H,4-7H2,1H3,(H,19,20). The number of fused-ring (bicyclic) bond motifs is 1. The summed E-state index contributed by atoms with van der Waals surface area (Å²) in [5, 5.41) is 9.53. The van der Waals surface area contributed by atoms with Crippen LogP contribution in [0.25, 0.3) is 10.9 Å². The molecule has 0 aliphatic carbocycles. The lowest BCUT2D eigenvalue weighted by atomic mass is 10.1. The molecule has 1 aromatic heterocycles. The third-order valence-electron chi connectivity index (χ3n) is 3.90. The summed E-state index contributed by atoms with van der Waals surface area (Å²) in [6.07, 6.45) is 2.05. The van der Waals surface area contributed by atoms with Gasteiger partial charge in [-0.3, -0.25) is 4.79 Å². The number of carbonyl (C=O) groups excluding carboxylic acids is 1. The van der Waals surface area contributed by atoms with Crippen molar-refractivity contribution in [2.45, 2.75) is 0 Å². The van der Waals surface area contributed by atoms with Crippen LogP contribution < -0.4 is 0 Å². The zero-order chi connectivity index (χ0) is 17.5. The maximum atomic E-state index is 12.5. The summed E-state index contributed by atoms with van der Waals surface area (Å²) in [7, 11) is -3.65. The zero-order valence-electron chi connectivity index (χ0n) is 12.9. The maximum Gasteiger partial charge on any atom is 0.337 e. The first kappa shape index (κ1) is 16.5. The number of hydrogen-bond acceptors (Lipinski definition) is 5. The van der Waals surface area contributed by atoms with Gasteiger partial charge in [-0.05, 0) is 18.2 Å². The van der Waals surface area contributed by atoms with Crippen molar-refractivity contribution in [1.82, 2.24) is 8.87 Å². The quantitative estimate of drug-likeness (QED) is 0.868. The van der Waals surface area contributed by atoms with Gasteiger partial charge in [-0.25, -0.2) is 17.2 Å². The lowest BCUT2D eigenvalue weighted by Crippen LogP contribution is -2.40. The number of rotatable bonds is 3. The van der Waals surface area contributed by atoms with Crippen LogP contribution in [0.15, 0.2) is 24.4 Å². The van der Waals surface area contributed by atoms with Crippen molar-refractivity contribution in [2.75, 3.05) is 32.6 Å². The van der Waals surface area contributed by atoms with Crippen LogP contribution in [-0.2, 0) is 14.8 Å². The van der Waals surface area contributed by atoms with Gasteiger partial charge in [0, 0.05) is 30.2 Å². The highest BCUT2D eigenvalue weighted by Crippen LogP contribution is 2.25. The summed E-state index contributed by atoms with van der Waals surface area (Å²) in [4.78, 5) is 25.6. The molecule has 3 rings (SSSR count). The van der Waals surface area contributed by atoms with Crippen molar-refractivity contribution in [3.63, 3.8) is 0 Å². The smallest absolute Gasteiger partial charge is 0.337 e. The van der Waals surface area contributed by atoms with Gasteiger partial charge in [0.15, 0.2) is 0 Å². The van der Waals surface area contributed by atoms with Crippen molar-refractivity contribution in [2.24, 2.45) is 0 Å². The number of carboxylic acid groups (broad SMARTS) is 1. The molecule has 8 nitrogen and oxygen atoms in total. The maximum absolute atomic E-state index is 12.5. The Morgan fingerprint density at radius 2 is 1.88 bits per heavy atom. The Bertz CT molecular complexity index is 925. The van der Waals surface area contributed by atoms with E-state index in [-0.39, 0.29) is 22.4 Å². The molecule has 2 aromatic rings. The lowest BCUT2D eigenvalue weighted by molar-refractivity contribution is 0.0303.